The Morgan fingerprint density at radius 1 is 1.40 bits per heavy atom. The molecule has 0 aromatic heterocycles. The Kier molecular flexibility index (Phi) is 1.38. The number of hydrogen-bond donors (Lipinski definition) is 1. The molecule has 3 heteroatoms. The fraction of sp³-hybridized carbons (Fsp3) is 0.250. The number of fused-ring (bicyclic) bond motifs is 3. The quantitative estimate of drug-likeness (QED) is 0.695. The van der Waals surface area contributed by atoms with E-state index in [9.17, 15) is 5.11 Å². The van der Waals surface area contributed by atoms with Gasteiger partial charge in [0.15, 0.2) is 0 Å². The molecule has 0 fully saturated rings. The molecule has 0 saturated heterocycles. The number of hydrogen-bond acceptors (Lipinski definition) is 3. The van der Waals surface area contributed by atoms with Crippen LogP contribution in [0.3, 0.4) is 0 Å². The van der Waals surface area contributed by atoms with E-state index in [4.69, 9.17) is 0 Å². The Morgan fingerprint density at radius 2 is 2.20 bits per heavy atom. The van der Waals surface area contributed by atoms with Gasteiger partial charge in [0.1, 0.15) is 11.6 Å². The molecule has 1 aromatic rings. The van der Waals surface area contributed by atoms with Crippen LogP contribution in [0.2, 0.25) is 0 Å². The summed E-state index contributed by atoms with van der Waals surface area (Å²) >= 11 is 0. The summed E-state index contributed by atoms with van der Waals surface area (Å²) in [4.78, 5) is 6.45. The smallest absolute Gasteiger partial charge is 0.123 e. The summed E-state index contributed by atoms with van der Waals surface area (Å²) in [6.45, 7) is 2.12. The highest BCUT2D eigenvalue weighted by Crippen LogP contribution is 2.45. The summed E-state index contributed by atoms with van der Waals surface area (Å²) in [5, 5.41) is 9.53. The average molecular weight is 200 g/mol. The molecule has 0 spiro atoms. The summed E-state index contributed by atoms with van der Waals surface area (Å²) < 4.78 is 0. The van der Waals surface area contributed by atoms with Crippen molar-refractivity contribution in [2.75, 3.05) is 11.9 Å². The number of aliphatic imine (C=N–C) groups is 1. The maximum atomic E-state index is 9.53. The molecule has 2 aliphatic rings. The molecule has 2 heterocycles. The van der Waals surface area contributed by atoms with E-state index in [-0.39, 0.29) is 5.41 Å². The van der Waals surface area contributed by atoms with Crippen molar-refractivity contribution in [1.29, 1.82) is 0 Å². The molecular formula is C12H12N2O. The Balaban J connectivity index is 2.32. The standard InChI is InChI=1S/C12H12N2O/c1-12-5-6-13-11(12)14(2)10-4-3-8(15)7-9(10)12/h3-7,15H,1-2H3. The molecule has 0 radical (unpaired) electrons. The van der Waals surface area contributed by atoms with Crippen LogP contribution in [0.5, 0.6) is 5.75 Å². The number of rotatable bonds is 0. The van der Waals surface area contributed by atoms with Crippen molar-refractivity contribution in [2.24, 2.45) is 4.99 Å². The van der Waals surface area contributed by atoms with Crippen molar-refractivity contribution in [3.05, 3.63) is 36.0 Å². The van der Waals surface area contributed by atoms with Gasteiger partial charge in [0.05, 0.1) is 5.41 Å². The molecule has 15 heavy (non-hydrogen) atoms. The van der Waals surface area contributed by atoms with Crippen LogP contribution in [-0.2, 0) is 5.41 Å². The zero-order chi connectivity index (χ0) is 10.6. The van der Waals surface area contributed by atoms with Crippen LogP contribution in [0.15, 0.2) is 35.5 Å². The van der Waals surface area contributed by atoms with E-state index in [0.29, 0.717) is 5.75 Å². The summed E-state index contributed by atoms with van der Waals surface area (Å²) in [5.74, 6) is 1.34. The Bertz CT molecular complexity index is 504. The normalized spacial score (nSPS) is 26.5. The summed E-state index contributed by atoms with van der Waals surface area (Å²) in [6, 6.07) is 5.47. The molecule has 0 aliphatic carbocycles. The van der Waals surface area contributed by atoms with Crippen LogP contribution in [-0.4, -0.2) is 18.0 Å². The van der Waals surface area contributed by atoms with E-state index < -0.39 is 0 Å². The van der Waals surface area contributed by atoms with Gasteiger partial charge in [-0.2, -0.15) is 0 Å². The third-order valence-corrected chi connectivity index (χ3v) is 3.29. The monoisotopic (exact) mass is 200 g/mol. The van der Waals surface area contributed by atoms with E-state index in [0.717, 1.165) is 17.1 Å². The number of benzene rings is 1. The SMILES string of the molecule is CN1C2=NC=CC2(C)c2cc(O)ccc21. The van der Waals surface area contributed by atoms with Crippen LogP contribution < -0.4 is 4.90 Å². The molecule has 3 nitrogen and oxygen atoms in total. The molecule has 1 unspecified atom stereocenters. The van der Waals surface area contributed by atoms with Crippen LogP contribution in [0, 0.1) is 0 Å². The highest BCUT2D eigenvalue weighted by atomic mass is 16.3. The van der Waals surface area contributed by atoms with E-state index in [1.807, 2.05) is 25.4 Å². The molecule has 1 aromatic carbocycles. The summed E-state index contributed by atoms with van der Waals surface area (Å²) in [6.07, 6.45) is 3.91. The first-order chi connectivity index (χ1) is 7.13. The Morgan fingerprint density at radius 3 is 3.00 bits per heavy atom. The summed E-state index contributed by atoms with van der Waals surface area (Å²) in [7, 11) is 2.01. The predicted octanol–water partition coefficient (Wildman–Crippen LogP) is 2.03. The second kappa shape index (κ2) is 2.42. The van der Waals surface area contributed by atoms with Crippen LogP contribution in [0.4, 0.5) is 5.69 Å². The maximum absolute atomic E-state index is 9.53. The largest absolute Gasteiger partial charge is 0.508 e. The first-order valence-electron chi connectivity index (χ1n) is 4.96. The van der Waals surface area contributed by atoms with Crippen LogP contribution >= 0.6 is 0 Å². The van der Waals surface area contributed by atoms with Gasteiger partial charge < -0.3 is 10.0 Å². The van der Waals surface area contributed by atoms with E-state index in [1.54, 1.807) is 6.07 Å². The first-order valence-corrected chi connectivity index (χ1v) is 4.96. The topological polar surface area (TPSA) is 35.8 Å². The highest BCUT2D eigenvalue weighted by Gasteiger charge is 2.43. The van der Waals surface area contributed by atoms with Crippen molar-refractivity contribution in [3.8, 4) is 5.75 Å². The fourth-order valence-electron chi connectivity index (χ4n) is 2.46. The lowest BCUT2D eigenvalue weighted by molar-refractivity contribution is 0.474. The maximum Gasteiger partial charge on any atom is 0.123 e. The van der Waals surface area contributed by atoms with Gasteiger partial charge >= 0.3 is 0 Å². The molecule has 1 N–H and O–H groups in total. The van der Waals surface area contributed by atoms with Crippen LogP contribution in [0.25, 0.3) is 0 Å². The number of nitrogens with zero attached hydrogens (tertiary/aromatic N) is 2. The number of likely N-dealkylation sites (N-methyl/N-ethyl adjacent to an activating group) is 1. The first kappa shape index (κ1) is 8.53. The molecule has 3 rings (SSSR count). The zero-order valence-corrected chi connectivity index (χ0v) is 8.73. The van der Waals surface area contributed by atoms with Gasteiger partial charge in [-0.3, -0.25) is 0 Å². The van der Waals surface area contributed by atoms with Crippen LogP contribution in [0.1, 0.15) is 12.5 Å². The number of anilines is 1. The van der Waals surface area contributed by atoms with Gasteiger partial charge in [0, 0.05) is 18.9 Å². The number of phenolic OH excluding ortho intramolecular Hbond substituents is 1. The van der Waals surface area contributed by atoms with Gasteiger partial charge in [0.25, 0.3) is 0 Å². The molecule has 2 aliphatic heterocycles. The lowest BCUT2D eigenvalue weighted by Gasteiger charge is -2.18. The van der Waals surface area contributed by atoms with E-state index in [2.05, 4.69) is 22.9 Å². The van der Waals surface area contributed by atoms with Gasteiger partial charge in [-0.15, -0.1) is 0 Å². The van der Waals surface area contributed by atoms with E-state index in [1.165, 1.54) is 0 Å². The molecule has 0 saturated carbocycles. The van der Waals surface area contributed by atoms with Crippen molar-refractivity contribution >= 4 is 11.5 Å². The van der Waals surface area contributed by atoms with Gasteiger partial charge in [-0.05, 0) is 36.8 Å². The summed E-state index contributed by atoms with van der Waals surface area (Å²) in [5.41, 5.74) is 2.08. The minimum atomic E-state index is -0.164. The number of aromatic hydroxyl groups is 1. The molecule has 1 atom stereocenters. The van der Waals surface area contributed by atoms with Crippen molar-refractivity contribution in [2.45, 2.75) is 12.3 Å². The van der Waals surface area contributed by atoms with Gasteiger partial charge in [-0.25, -0.2) is 4.99 Å². The highest BCUT2D eigenvalue weighted by molar-refractivity contribution is 6.13. The third-order valence-electron chi connectivity index (χ3n) is 3.29. The average Bonchev–Trinajstić information content (AvgIpc) is 2.67. The molecule has 76 valence electrons. The number of phenols is 1. The van der Waals surface area contributed by atoms with Crippen molar-refractivity contribution in [3.63, 3.8) is 0 Å². The van der Waals surface area contributed by atoms with Gasteiger partial charge in [0.2, 0.25) is 0 Å². The van der Waals surface area contributed by atoms with E-state index >= 15 is 0 Å². The minimum Gasteiger partial charge on any atom is -0.508 e. The predicted molar refractivity (Wildman–Crippen MR) is 60.4 cm³/mol. The Hall–Kier alpha value is -1.77. The molecule has 0 amide bonds. The third kappa shape index (κ3) is 0.876. The lowest BCUT2D eigenvalue weighted by Crippen LogP contribution is -2.32. The zero-order valence-electron chi connectivity index (χ0n) is 8.73. The molecule has 0 bridgehead atoms. The fourth-order valence-corrected chi connectivity index (χ4v) is 2.46. The molecular weight excluding hydrogens is 188 g/mol. The van der Waals surface area contributed by atoms with Crippen molar-refractivity contribution < 1.29 is 5.11 Å². The second-order valence-electron chi connectivity index (χ2n) is 4.23. The van der Waals surface area contributed by atoms with Gasteiger partial charge in [-0.1, -0.05) is 0 Å². The van der Waals surface area contributed by atoms with Crippen molar-refractivity contribution in [1.82, 2.24) is 0 Å². The minimum absolute atomic E-state index is 0.164. The second-order valence-corrected chi connectivity index (χ2v) is 4.23. The number of amidine groups is 1. The lowest BCUT2D eigenvalue weighted by atomic mass is 9.84. The Labute approximate surface area is 88.4 Å².